The van der Waals surface area contributed by atoms with Crippen LogP contribution in [-0.4, -0.2) is 24.0 Å². The minimum Gasteiger partial charge on any atom is -0.351 e. The summed E-state index contributed by atoms with van der Waals surface area (Å²) in [5, 5.41) is 5.35. The van der Waals surface area contributed by atoms with Crippen molar-refractivity contribution in [2.75, 3.05) is 0 Å². The minimum atomic E-state index is -0.798. The van der Waals surface area contributed by atoms with Crippen molar-refractivity contribution in [1.82, 2.24) is 10.6 Å². The van der Waals surface area contributed by atoms with Crippen molar-refractivity contribution in [1.29, 1.82) is 0 Å². The van der Waals surface area contributed by atoms with Crippen LogP contribution in [-0.2, 0) is 4.79 Å². The third kappa shape index (κ3) is 4.73. The predicted octanol–water partition coefficient (Wildman–Crippen LogP) is 1.13. The van der Waals surface area contributed by atoms with E-state index in [-0.39, 0.29) is 11.9 Å². The van der Waals surface area contributed by atoms with Crippen LogP contribution < -0.4 is 16.4 Å². The van der Waals surface area contributed by atoms with E-state index in [2.05, 4.69) is 24.5 Å². The van der Waals surface area contributed by atoms with Gasteiger partial charge in [0.2, 0.25) is 5.91 Å². The van der Waals surface area contributed by atoms with E-state index in [4.69, 9.17) is 5.73 Å². The number of rotatable bonds is 3. The second-order valence-electron chi connectivity index (χ2n) is 5.70. The molecule has 0 bridgehead atoms. The Labute approximate surface area is 103 Å². The molecule has 1 aliphatic carbocycles. The highest BCUT2D eigenvalue weighted by Gasteiger charge is 2.29. The summed E-state index contributed by atoms with van der Waals surface area (Å²) in [5.74, 6) is -0.360. The molecule has 0 aromatic carbocycles. The van der Waals surface area contributed by atoms with E-state index < -0.39 is 6.03 Å². The van der Waals surface area contributed by atoms with Gasteiger partial charge in [-0.3, -0.25) is 10.1 Å². The Morgan fingerprint density at radius 2 is 2.06 bits per heavy atom. The quantitative estimate of drug-likeness (QED) is 0.692. The van der Waals surface area contributed by atoms with E-state index in [0.29, 0.717) is 11.5 Å². The zero-order valence-electron chi connectivity index (χ0n) is 10.9. The van der Waals surface area contributed by atoms with Gasteiger partial charge in [-0.2, -0.15) is 0 Å². The van der Waals surface area contributed by atoms with Gasteiger partial charge in [-0.1, -0.05) is 20.3 Å². The maximum atomic E-state index is 11.5. The second-order valence-corrected chi connectivity index (χ2v) is 5.70. The van der Waals surface area contributed by atoms with Crippen molar-refractivity contribution < 1.29 is 9.59 Å². The Balaban J connectivity index is 2.42. The zero-order chi connectivity index (χ0) is 13.1. The maximum Gasteiger partial charge on any atom is 0.318 e. The first-order valence-corrected chi connectivity index (χ1v) is 6.16. The van der Waals surface area contributed by atoms with Gasteiger partial charge in [0, 0.05) is 6.04 Å². The summed E-state index contributed by atoms with van der Waals surface area (Å²) in [6, 6.07) is -0.846. The molecule has 0 heterocycles. The SMILES string of the molecule is CC(NC1CCCC(C)(C)C1)C(=O)NC(N)=O. The molecular weight excluding hydrogens is 218 g/mol. The van der Waals surface area contributed by atoms with Gasteiger partial charge in [0.1, 0.15) is 0 Å². The summed E-state index contributed by atoms with van der Waals surface area (Å²) in [5.41, 5.74) is 5.24. The minimum absolute atomic E-state index is 0.329. The first kappa shape index (κ1) is 14.0. The van der Waals surface area contributed by atoms with Gasteiger partial charge in [-0.05, 0) is 31.6 Å². The Morgan fingerprint density at radius 1 is 1.41 bits per heavy atom. The first-order chi connectivity index (χ1) is 7.80. The molecule has 0 aromatic rings. The number of hydrogen-bond donors (Lipinski definition) is 3. The Bertz CT molecular complexity index is 302. The molecule has 17 heavy (non-hydrogen) atoms. The van der Waals surface area contributed by atoms with Crippen LogP contribution in [0.2, 0.25) is 0 Å². The number of urea groups is 1. The molecule has 2 unspecified atom stereocenters. The number of carbonyl (C=O) groups excluding carboxylic acids is 2. The molecule has 1 fully saturated rings. The fourth-order valence-electron chi connectivity index (χ4n) is 2.50. The van der Waals surface area contributed by atoms with Crippen molar-refractivity contribution >= 4 is 11.9 Å². The average Bonchev–Trinajstić information content (AvgIpc) is 2.14. The van der Waals surface area contributed by atoms with E-state index in [9.17, 15) is 9.59 Å². The van der Waals surface area contributed by atoms with Crippen LogP contribution in [0.25, 0.3) is 0 Å². The average molecular weight is 241 g/mol. The standard InChI is InChI=1S/C12H23N3O2/c1-8(10(16)15-11(13)17)14-9-5-4-6-12(2,3)7-9/h8-9,14H,4-7H2,1-3H3,(H3,13,15,16,17). The van der Waals surface area contributed by atoms with Gasteiger partial charge in [0.15, 0.2) is 0 Å². The van der Waals surface area contributed by atoms with Crippen LogP contribution in [0, 0.1) is 5.41 Å². The van der Waals surface area contributed by atoms with Gasteiger partial charge in [-0.25, -0.2) is 4.79 Å². The Kier molecular flexibility index (Phi) is 4.51. The molecule has 0 aliphatic heterocycles. The lowest BCUT2D eigenvalue weighted by Crippen LogP contribution is -2.51. The highest BCUT2D eigenvalue weighted by Crippen LogP contribution is 2.35. The molecule has 1 saturated carbocycles. The number of nitrogens with two attached hydrogens (primary N) is 1. The van der Waals surface area contributed by atoms with E-state index in [1.807, 2.05) is 0 Å². The van der Waals surface area contributed by atoms with E-state index in [0.717, 1.165) is 12.8 Å². The van der Waals surface area contributed by atoms with Gasteiger partial charge < -0.3 is 11.1 Å². The van der Waals surface area contributed by atoms with Gasteiger partial charge in [0.05, 0.1) is 6.04 Å². The number of imide groups is 1. The predicted molar refractivity (Wildman–Crippen MR) is 66.4 cm³/mol. The van der Waals surface area contributed by atoms with Crippen molar-refractivity contribution in [2.24, 2.45) is 11.1 Å². The summed E-state index contributed by atoms with van der Waals surface area (Å²) in [6.07, 6.45) is 4.54. The first-order valence-electron chi connectivity index (χ1n) is 6.16. The topological polar surface area (TPSA) is 84.2 Å². The second kappa shape index (κ2) is 5.49. The molecule has 3 amide bonds. The van der Waals surface area contributed by atoms with Gasteiger partial charge in [0.25, 0.3) is 0 Å². The molecule has 0 spiro atoms. The van der Waals surface area contributed by atoms with Gasteiger partial charge >= 0.3 is 6.03 Å². The molecule has 5 nitrogen and oxygen atoms in total. The number of amides is 3. The van der Waals surface area contributed by atoms with Gasteiger partial charge in [-0.15, -0.1) is 0 Å². The smallest absolute Gasteiger partial charge is 0.318 e. The van der Waals surface area contributed by atoms with E-state index in [1.165, 1.54) is 12.8 Å². The molecule has 0 aromatic heterocycles. The molecule has 1 rings (SSSR count). The third-order valence-electron chi connectivity index (χ3n) is 3.33. The molecule has 2 atom stereocenters. The normalized spacial score (nSPS) is 25.0. The summed E-state index contributed by atoms with van der Waals surface area (Å²) < 4.78 is 0. The number of nitrogens with one attached hydrogen (secondary N) is 2. The number of carbonyl (C=O) groups is 2. The van der Waals surface area contributed by atoms with Crippen LogP contribution in [0.15, 0.2) is 0 Å². The Morgan fingerprint density at radius 3 is 2.59 bits per heavy atom. The highest BCUT2D eigenvalue weighted by molar-refractivity contribution is 5.96. The Hall–Kier alpha value is -1.10. The van der Waals surface area contributed by atoms with Crippen LogP contribution in [0.5, 0.6) is 0 Å². The van der Waals surface area contributed by atoms with E-state index in [1.54, 1.807) is 6.92 Å². The molecular formula is C12H23N3O2. The summed E-state index contributed by atoms with van der Waals surface area (Å²) in [6.45, 7) is 6.24. The van der Waals surface area contributed by atoms with Crippen molar-refractivity contribution in [3.63, 3.8) is 0 Å². The van der Waals surface area contributed by atoms with Crippen LogP contribution in [0.3, 0.4) is 0 Å². The molecule has 1 aliphatic rings. The zero-order valence-corrected chi connectivity index (χ0v) is 10.9. The summed E-state index contributed by atoms with van der Waals surface area (Å²) in [7, 11) is 0. The molecule has 4 N–H and O–H groups in total. The van der Waals surface area contributed by atoms with E-state index >= 15 is 0 Å². The fourth-order valence-corrected chi connectivity index (χ4v) is 2.50. The fraction of sp³-hybridized carbons (Fsp3) is 0.833. The van der Waals surface area contributed by atoms with Crippen LogP contribution >= 0.6 is 0 Å². The molecule has 98 valence electrons. The lowest BCUT2D eigenvalue weighted by atomic mass is 9.75. The lowest BCUT2D eigenvalue weighted by molar-refractivity contribution is -0.121. The molecule has 0 radical (unpaired) electrons. The van der Waals surface area contributed by atoms with Crippen molar-refractivity contribution in [2.45, 2.75) is 58.5 Å². The largest absolute Gasteiger partial charge is 0.351 e. The molecule has 0 saturated heterocycles. The highest BCUT2D eigenvalue weighted by atomic mass is 16.2. The number of primary amides is 1. The van der Waals surface area contributed by atoms with Crippen molar-refractivity contribution in [3.8, 4) is 0 Å². The monoisotopic (exact) mass is 241 g/mol. The van der Waals surface area contributed by atoms with Crippen LogP contribution in [0.1, 0.15) is 46.5 Å². The van der Waals surface area contributed by atoms with Crippen molar-refractivity contribution in [3.05, 3.63) is 0 Å². The maximum absolute atomic E-state index is 11.5. The summed E-state index contributed by atoms with van der Waals surface area (Å²) >= 11 is 0. The van der Waals surface area contributed by atoms with Crippen LogP contribution in [0.4, 0.5) is 4.79 Å². The summed E-state index contributed by atoms with van der Waals surface area (Å²) in [4.78, 5) is 22.1. The third-order valence-corrected chi connectivity index (χ3v) is 3.33. The number of hydrogen-bond acceptors (Lipinski definition) is 3. The molecule has 5 heteroatoms. The lowest BCUT2D eigenvalue weighted by Gasteiger charge is -2.36.